The van der Waals surface area contributed by atoms with Gasteiger partial charge in [0.2, 0.25) is 0 Å². The quantitative estimate of drug-likeness (QED) is 0.383. The Morgan fingerprint density at radius 1 is 1.18 bits per heavy atom. The van der Waals surface area contributed by atoms with E-state index in [0.29, 0.717) is 35.8 Å². The Kier molecular flexibility index (Phi) is 8.29. The first kappa shape index (κ1) is 28.3. The van der Waals surface area contributed by atoms with Crippen molar-refractivity contribution in [3.63, 3.8) is 0 Å². The molecule has 2 atom stereocenters. The number of carbonyl (C=O) groups excluding carboxylic acids is 1. The second kappa shape index (κ2) is 11.2. The van der Waals surface area contributed by atoms with E-state index in [1.165, 1.54) is 17.7 Å². The van der Waals surface area contributed by atoms with Gasteiger partial charge in [-0.15, -0.1) is 0 Å². The average Bonchev–Trinajstić information content (AvgIpc) is 3.51. The average molecular weight is 559 g/mol. The summed E-state index contributed by atoms with van der Waals surface area (Å²) in [6.45, 7) is 4.05. The minimum absolute atomic E-state index is 0. The highest BCUT2D eigenvalue weighted by Gasteiger charge is 2.30. The second-order valence-electron chi connectivity index (χ2n) is 10.0. The SMILES string of the molecule is CCn1c(-c2cc3cccnc3n2CC2CC2)nc2cc(C(=O)N3C[C@@H](N)C[C@H](F)C3)cc(OC)c21.S.S. The maximum absolute atomic E-state index is 14.1. The van der Waals surface area contributed by atoms with Gasteiger partial charge in [-0.05, 0) is 62.4 Å². The lowest BCUT2D eigenvalue weighted by Crippen LogP contribution is -2.50. The number of hydrogen-bond acceptors (Lipinski definition) is 5. The maximum atomic E-state index is 14.1. The zero-order chi connectivity index (χ0) is 25.0. The Labute approximate surface area is 235 Å². The van der Waals surface area contributed by atoms with Crippen molar-refractivity contribution in [3.8, 4) is 17.3 Å². The van der Waals surface area contributed by atoms with Gasteiger partial charge in [0.15, 0.2) is 5.82 Å². The van der Waals surface area contributed by atoms with E-state index in [1.807, 2.05) is 12.3 Å². The number of imidazole rings is 1. The van der Waals surface area contributed by atoms with Crippen molar-refractivity contribution in [3.05, 3.63) is 42.1 Å². The lowest BCUT2D eigenvalue weighted by molar-refractivity contribution is 0.0606. The van der Waals surface area contributed by atoms with Crippen LogP contribution in [0.15, 0.2) is 36.5 Å². The zero-order valence-electron chi connectivity index (χ0n) is 21.7. The fourth-order valence-electron chi connectivity index (χ4n) is 5.45. The molecule has 11 heteroatoms. The molecule has 1 aromatic carbocycles. The molecule has 1 amide bonds. The lowest BCUT2D eigenvalue weighted by atomic mass is 10.0. The topological polar surface area (TPSA) is 91.2 Å². The molecule has 1 aliphatic carbocycles. The molecule has 1 aliphatic heterocycles. The predicted molar refractivity (Wildman–Crippen MR) is 158 cm³/mol. The third-order valence-electron chi connectivity index (χ3n) is 7.33. The van der Waals surface area contributed by atoms with Gasteiger partial charge in [-0.2, -0.15) is 27.0 Å². The highest BCUT2D eigenvalue weighted by Crippen LogP contribution is 2.38. The van der Waals surface area contributed by atoms with Crippen LogP contribution in [0.3, 0.4) is 0 Å². The molecule has 2 N–H and O–H groups in total. The van der Waals surface area contributed by atoms with E-state index in [2.05, 4.69) is 33.2 Å². The van der Waals surface area contributed by atoms with Crippen LogP contribution in [0.2, 0.25) is 0 Å². The number of methoxy groups -OCH3 is 1. The summed E-state index contributed by atoms with van der Waals surface area (Å²) in [5.41, 5.74) is 9.88. The van der Waals surface area contributed by atoms with Crippen LogP contribution >= 0.6 is 27.0 Å². The number of amides is 1. The Hall–Kier alpha value is -2.76. The first-order chi connectivity index (χ1) is 17.5. The number of benzene rings is 1. The molecule has 0 radical (unpaired) electrons. The summed E-state index contributed by atoms with van der Waals surface area (Å²) >= 11 is 0. The van der Waals surface area contributed by atoms with Crippen molar-refractivity contribution in [1.82, 2.24) is 24.0 Å². The van der Waals surface area contributed by atoms with Gasteiger partial charge >= 0.3 is 0 Å². The number of rotatable bonds is 6. The van der Waals surface area contributed by atoms with E-state index in [-0.39, 0.29) is 51.9 Å². The largest absolute Gasteiger partial charge is 0.494 e. The number of pyridine rings is 1. The summed E-state index contributed by atoms with van der Waals surface area (Å²) in [6.07, 6.45) is 3.45. The van der Waals surface area contributed by atoms with Gasteiger partial charge < -0.3 is 24.5 Å². The van der Waals surface area contributed by atoms with Gasteiger partial charge in [0.1, 0.15) is 23.1 Å². The van der Waals surface area contributed by atoms with Crippen molar-refractivity contribution in [2.45, 2.75) is 51.5 Å². The molecule has 3 aromatic heterocycles. The highest BCUT2D eigenvalue weighted by atomic mass is 32.1. The van der Waals surface area contributed by atoms with Gasteiger partial charge in [-0.1, -0.05) is 0 Å². The van der Waals surface area contributed by atoms with Crippen LogP contribution in [0.1, 0.15) is 36.5 Å². The molecular weight excluding hydrogens is 523 g/mol. The van der Waals surface area contributed by atoms with Crippen LogP contribution in [-0.2, 0) is 13.1 Å². The number of alkyl halides is 1. The van der Waals surface area contributed by atoms with Crippen molar-refractivity contribution < 1.29 is 13.9 Å². The minimum atomic E-state index is -1.11. The molecule has 2 aliphatic rings. The lowest BCUT2D eigenvalue weighted by Gasteiger charge is -2.33. The molecule has 0 spiro atoms. The van der Waals surface area contributed by atoms with Crippen molar-refractivity contribution >= 4 is 55.0 Å². The van der Waals surface area contributed by atoms with Crippen LogP contribution < -0.4 is 10.5 Å². The maximum Gasteiger partial charge on any atom is 0.254 e. The van der Waals surface area contributed by atoms with E-state index in [9.17, 15) is 9.18 Å². The molecule has 0 bridgehead atoms. The first-order valence-electron chi connectivity index (χ1n) is 12.7. The smallest absolute Gasteiger partial charge is 0.254 e. The van der Waals surface area contributed by atoms with Gasteiger partial charge in [-0.3, -0.25) is 4.79 Å². The Morgan fingerprint density at radius 3 is 2.66 bits per heavy atom. The van der Waals surface area contributed by atoms with E-state index < -0.39 is 6.17 Å². The van der Waals surface area contributed by atoms with Crippen LogP contribution in [0.5, 0.6) is 5.75 Å². The van der Waals surface area contributed by atoms with Crippen molar-refractivity contribution in [1.29, 1.82) is 0 Å². The number of piperidine rings is 1. The molecule has 4 heterocycles. The number of hydrogen-bond donors (Lipinski definition) is 1. The third-order valence-corrected chi connectivity index (χ3v) is 7.33. The molecule has 4 aromatic rings. The normalized spacial score (nSPS) is 19.3. The second-order valence-corrected chi connectivity index (χ2v) is 10.0. The number of halogens is 1. The van der Waals surface area contributed by atoms with Gasteiger partial charge in [0.25, 0.3) is 5.91 Å². The standard InChI is InChI=1S/C27H31FN6O2.2H2S/c1-3-33-24-21(9-18(11-23(24)36-2)27(35)32-14-19(28)12-20(29)15-32)31-26(33)22-10-17-5-4-8-30-25(17)34(22)13-16-6-7-16;;/h4-5,8-11,16,19-20H,3,6-7,12-15,29H2,1-2H3;2*1H2/t19-,20-;;/m0../s1. The van der Waals surface area contributed by atoms with Crippen LogP contribution in [0.4, 0.5) is 4.39 Å². The molecule has 6 rings (SSSR count). The van der Waals surface area contributed by atoms with E-state index in [0.717, 1.165) is 34.6 Å². The summed E-state index contributed by atoms with van der Waals surface area (Å²) < 4.78 is 24.3. The van der Waals surface area contributed by atoms with Crippen molar-refractivity contribution in [2.24, 2.45) is 11.7 Å². The fraction of sp³-hybridized carbons (Fsp3) is 0.444. The van der Waals surface area contributed by atoms with Crippen molar-refractivity contribution in [2.75, 3.05) is 20.2 Å². The molecule has 8 nitrogen and oxygen atoms in total. The molecule has 1 saturated heterocycles. The molecule has 204 valence electrons. The number of aryl methyl sites for hydroxylation is 1. The number of ether oxygens (including phenoxy) is 1. The summed E-state index contributed by atoms with van der Waals surface area (Å²) in [6, 6.07) is 9.33. The van der Waals surface area contributed by atoms with Crippen LogP contribution in [-0.4, -0.2) is 62.3 Å². The molecule has 1 saturated carbocycles. The summed E-state index contributed by atoms with van der Waals surface area (Å²) in [7, 11) is 1.60. The number of nitrogens with two attached hydrogens (primary N) is 1. The van der Waals surface area contributed by atoms with E-state index in [1.54, 1.807) is 19.2 Å². The summed E-state index contributed by atoms with van der Waals surface area (Å²) in [5, 5.41) is 1.08. The molecule has 38 heavy (non-hydrogen) atoms. The van der Waals surface area contributed by atoms with E-state index in [4.69, 9.17) is 15.5 Å². The monoisotopic (exact) mass is 558 g/mol. The number of carbonyl (C=O) groups is 1. The van der Waals surface area contributed by atoms with Crippen LogP contribution in [0, 0.1) is 5.92 Å². The number of aromatic nitrogens is 4. The number of likely N-dealkylation sites (tertiary alicyclic amines) is 1. The predicted octanol–water partition coefficient (Wildman–Crippen LogP) is 4.23. The Bertz CT molecular complexity index is 1460. The summed E-state index contributed by atoms with van der Waals surface area (Å²) in [4.78, 5) is 24.5. The summed E-state index contributed by atoms with van der Waals surface area (Å²) in [5.74, 6) is 1.79. The molecule has 2 fully saturated rings. The fourth-order valence-corrected chi connectivity index (χ4v) is 5.45. The Morgan fingerprint density at radius 2 is 1.97 bits per heavy atom. The Balaban J connectivity index is 0.00000168. The minimum Gasteiger partial charge on any atom is -0.494 e. The molecular formula is C27H35FN6O2S2. The highest BCUT2D eigenvalue weighted by molar-refractivity contribution is 7.59. The van der Waals surface area contributed by atoms with Gasteiger partial charge in [-0.25, -0.2) is 14.4 Å². The van der Waals surface area contributed by atoms with Crippen LogP contribution in [0.25, 0.3) is 33.6 Å². The first-order valence-corrected chi connectivity index (χ1v) is 12.7. The van der Waals surface area contributed by atoms with Gasteiger partial charge in [0.05, 0.1) is 24.9 Å². The number of nitrogens with zero attached hydrogens (tertiary/aromatic N) is 5. The zero-order valence-corrected chi connectivity index (χ0v) is 23.7. The van der Waals surface area contributed by atoms with Gasteiger partial charge in [0, 0.05) is 42.8 Å². The van der Waals surface area contributed by atoms with E-state index >= 15 is 0 Å². The third kappa shape index (κ3) is 4.99. The number of fused-ring (bicyclic) bond motifs is 2. The molecule has 0 unspecified atom stereocenters.